The number of aromatic nitrogens is 2. The topological polar surface area (TPSA) is 61.3 Å². The van der Waals surface area contributed by atoms with Crippen molar-refractivity contribution in [2.24, 2.45) is 0 Å². The highest BCUT2D eigenvalue weighted by atomic mass is 35.5. The van der Waals surface area contributed by atoms with Crippen molar-refractivity contribution in [1.82, 2.24) is 9.97 Å². The lowest BCUT2D eigenvalue weighted by molar-refractivity contribution is -0.133. The Balaban J connectivity index is 1.81. The van der Waals surface area contributed by atoms with E-state index in [9.17, 15) is 4.79 Å². The summed E-state index contributed by atoms with van der Waals surface area (Å²) in [6, 6.07) is 13.3. The Bertz CT molecular complexity index is 1050. The summed E-state index contributed by atoms with van der Waals surface area (Å²) < 4.78 is 10.0. The molecule has 0 amide bonds. The van der Waals surface area contributed by atoms with Crippen LogP contribution in [0, 0.1) is 6.92 Å². The number of hydrogen-bond donors (Lipinski definition) is 0. The van der Waals surface area contributed by atoms with Gasteiger partial charge in [0.2, 0.25) is 0 Å². The van der Waals surface area contributed by atoms with E-state index >= 15 is 0 Å². The maximum atomic E-state index is 12.2. The molecular formula is C23H21ClN2O3S. The third-order valence-electron chi connectivity index (χ3n) is 4.37. The fraction of sp³-hybridized carbons (Fsp3) is 0.174. The summed E-state index contributed by atoms with van der Waals surface area (Å²) in [6.45, 7) is 2.00. The number of rotatable bonds is 7. The molecule has 1 aromatic heterocycles. The van der Waals surface area contributed by atoms with Crippen molar-refractivity contribution in [3.05, 3.63) is 83.1 Å². The Hall–Kier alpha value is -2.83. The largest absolute Gasteiger partial charge is 0.503 e. The molecule has 1 heterocycles. The zero-order valence-electron chi connectivity index (χ0n) is 16.9. The highest BCUT2D eigenvalue weighted by molar-refractivity contribution is 7.98. The van der Waals surface area contributed by atoms with Crippen LogP contribution >= 0.6 is 23.4 Å². The molecule has 0 aliphatic heterocycles. The SMILES string of the molecule is COC=C(C(=O)OC)c1cccc(C)c1SCc1ncc(-c2ccc(Cl)cc2)cn1. The molecule has 0 unspecified atom stereocenters. The average molecular weight is 441 g/mol. The van der Waals surface area contributed by atoms with Crippen LogP contribution in [0.2, 0.25) is 5.02 Å². The van der Waals surface area contributed by atoms with Crippen LogP contribution in [-0.2, 0) is 20.0 Å². The Kier molecular flexibility index (Phi) is 7.49. The summed E-state index contributed by atoms with van der Waals surface area (Å²) in [7, 11) is 2.85. The van der Waals surface area contributed by atoms with Crippen molar-refractivity contribution in [2.45, 2.75) is 17.6 Å². The fourth-order valence-electron chi connectivity index (χ4n) is 2.86. The molecule has 0 saturated heterocycles. The molecule has 0 N–H and O–H groups in total. The summed E-state index contributed by atoms with van der Waals surface area (Å²) in [6.07, 6.45) is 5.01. The number of carbonyl (C=O) groups excluding carboxylic acids is 1. The number of hydrogen-bond acceptors (Lipinski definition) is 6. The predicted molar refractivity (Wildman–Crippen MR) is 120 cm³/mol. The molecule has 0 bridgehead atoms. The summed E-state index contributed by atoms with van der Waals surface area (Å²) in [5.74, 6) is 0.801. The van der Waals surface area contributed by atoms with Gasteiger partial charge >= 0.3 is 5.97 Å². The Morgan fingerprint density at radius 3 is 2.40 bits per heavy atom. The van der Waals surface area contributed by atoms with E-state index in [2.05, 4.69) is 9.97 Å². The average Bonchev–Trinajstić information content (AvgIpc) is 2.77. The zero-order valence-corrected chi connectivity index (χ0v) is 18.5. The number of halogens is 1. The van der Waals surface area contributed by atoms with Gasteiger partial charge in [0, 0.05) is 33.4 Å². The first kappa shape index (κ1) is 21.9. The van der Waals surface area contributed by atoms with Crippen molar-refractivity contribution < 1.29 is 14.3 Å². The van der Waals surface area contributed by atoms with Crippen LogP contribution < -0.4 is 0 Å². The van der Waals surface area contributed by atoms with Crippen LogP contribution in [0.5, 0.6) is 0 Å². The van der Waals surface area contributed by atoms with Gasteiger partial charge in [0.1, 0.15) is 11.4 Å². The minimum atomic E-state index is -0.451. The molecule has 0 spiro atoms. The molecule has 30 heavy (non-hydrogen) atoms. The van der Waals surface area contributed by atoms with Crippen molar-refractivity contribution in [3.63, 3.8) is 0 Å². The monoisotopic (exact) mass is 440 g/mol. The van der Waals surface area contributed by atoms with E-state index in [1.54, 1.807) is 24.2 Å². The van der Waals surface area contributed by atoms with Crippen LogP contribution in [0.1, 0.15) is 17.0 Å². The van der Waals surface area contributed by atoms with Gasteiger partial charge in [-0.2, -0.15) is 0 Å². The molecule has 154 valence electrons. The normalized spacial score (nSPS) is 11.3. The molecule has 0 atom stereocenters. The van der Waals surface area contributed by atoms with Crippen LogP contribution in [-0.4, -0.2) is 30.2 Å². The van der Waals surface area contributed by atoms with Gasteiger partial charge in [-0.15, -0.1) is 11.8 Å². The first-order valence-electron chi connectivity index (χ1n) is 9.14. The summed E-state index contributed by atoms with van der Waals surface area (Å²) in [4.78, 5) is 22.2. The van der Waals surface area contributed by atoms with Crippen molar-refractivity contribution >= 4 is 34.9 Å². The van der Waals surface area contributed by atoms with Crippen molar-refractivity contribution in [3.8, 4) is 11.1 Å². The molecule has 3 rings (SSSR count). The standard InChI is InChI=1S/C23H21ClN2O3S/c1-15-5-4-6-19(20(13-28-2)23(27)29-3)22(15)30-14-21-25-11-17(12-26-21)16-7-9-18(24)10-8-16/h4-13H,14H2,1-3H3. The smallest absolute Gasteiger partial charge is 0.341 e. The number of methoxy groups -OCH3 is 2. The zero-order chi connectivity index (χ0) is 21.5. The first-order valence-corrected chi connectivity index (χ1v) is 10.5. The Labute approximate surface area is 185 Å². The van der Waals surface area contributed by atoms with Gasteiger partial charge in [-0.25, -0.2) is 14.8 Å². The van der Waals surface area contributed by atoms with E-state index < -0.39 is 5.97 Å². The van der Waals surface area contributed by atoms with Crippen molar-refractivity contribution in [2.75, 3.05) is 14.2 Å². The quantitative estimate of drug-likeness (QED) is 0.207. The first-order chi connectivity index (χ1) is 14.5. The van der Waals surface area contributed by atoms with E-state index in [-0.39, 0.29) is 0 Å². The maximum Gasteiger partial charge on any atom is 0.341 e. The Morgan fingerprint density at radius 1 is 1.07 bits per heavy atom. The number of esters is 1. The predicted octanol–water partition coefficient (Wildman–Crippen LogP) is 5.56. The van der Waals surface area contributed by atoms with E-state index in [0.29, 0.717) is 22.2 Å². The molecule has 3 aromatic rings. The number of carbonyl (C=O) groups is 1. The molecule has 0 aliphatic rings. The van der Waals surface area contributed by atoms with Crippen LogP contribution in [0.4, 0.5) is 0 Å². The second kappa shape index (κ2) is 10.3. The van der Waals surface area contributed by atoms with E-state index in [1.165, 1.54) is 20.5 Å². The summed E-state index contributed by atoms with van der Waals surface area (Å²) in [5.41, 5.74) is 4.10. The molecule has 7 heteroatoms. The van der Waals surface area contributed by atoms with Gasteiger partial charge in [-0.1, -0.05) is 41.9 Å². The number of ether oxygens (including phenoxy) is 2. The molecule has 2 aromatic carbocycles. The summed E-state index contributed by atoms with van der Waals surface area (Å²) >= 11 is 7.51. The molecule has 0 radical (unpaired) electrons. The van der Waals surface area contributed by atoms with Crippen LogP contribution in [0.15, 0.2) is 66.0 Å². The van der Waals surface area contributed by atoms with Gasteiger partial charge in [-0.3, -0.25) is 0 Å². The molecule has 0 fully saturated rings. The van der Waals surface area contributed by atoms with E-state index in [1.807, 2.05) is 49.4 Å². The summed E-state index contributed by atoms with van der Waals surface area (Å²) in [5, 5.41) is 0.690. The van der Waals surface area contributed by atoms with Crippen LogP contribution in [0.25, 0.3) is 16.7 Å². The third kappa shape index (κ3) is 5.20. The van der Waals surface area contributed by atoms with Gasteiger partial charge in [0.15, 0.2) is 0 Å². The van der Waals surface area contributed by atoms with Gasteiger partial charge in [0.25, 0.3) is 0 Å². The molecule has 5 nitrogen and oxygen atoms in total. The van der Waals surface area contributed by atoms with E-state index in [0.717, 1.165) is 27.1 Å². The minimum Gasteiger partial charge on any atom is -0.503 e. The lowest BCUT2D eigenvalue weighted by Gasteiger charge is -2.13. The second-order valence-electron chi connectivity index (χ2n) is 6.39. The number of benzene rings is 2. The minimum absolute atomic E-state index is 0.366. The number of thioether (sulfide) groups is 1. The molecule has 0 saturated carbocycles. The highest BCUT2D eigenvalue weighted by Gasteiger charge is 2.18. The number of nitrogens with zero attached hydrogens (tertiary/aromatic N) is 2. The van der Waals surface area contributed by atoms with Gasteiger partial charge in [0.05, 0.1) is 26.2 Å². The Morgan fingerprint density at radius 2 is 1.77 bits per heavy atom. The lowest BCUT2D eigenvalue weighted by atomic mass is 10.0. The fourth-order valence-corrected chi connectivity index (χ4v) is 4.04. The number of aryl methyl sites for hydroxylation is 1. The lowest BCUT2D eigenvalue weighted by Crippen LogP contribution is -2.06. The third-order valence-corrected chi connectivity index (χ3v) is 5.86. The maximum absolute atomic E-state index is 12.2. The molecular weight excluding hydrogens is 420 g/mol. The van der Waals surface area contributed by atoms with E-state index in [4.69, 9.17) is 21.1 Å². The second-order valence-corrected chi connectivity index (χ2v) is 7.82. The van der Waals surface area contributed by atoms with Crippen molar-refractivity contribution in [1.29, 1.82) is 0 Å². The van der Waals surface area contributed by atoms with Gasteiger partial charge in [-0.05, 0) is 30.2 Å². The van der Waals surface area contributed by atoms with Crippen LogP contribution in [0.3, 0.4) is 0 Å². The molecule has 0 aliphatic carbocycles. The van der Waals surface area contributed by atoms with Gasteiger partial charge < -0.3 is 9.47 Å². The highest BCUT2D eigenvalue weighted by Crippen LogP contribution is 2.33.